The fraction of sp³-hybridized carbons (Fsp3) is 0.333. The molecule has 0 unspecified atom stereocenters. The number of fused-ring (bicyclic) bond motifs is 2. The minimum Gasteiger partial charge on any atom is -0.0683 e. The van der Waals surface area contributed by atoms with E-state index < -0.39 is 0 Å². The summed E-state index contributed by atoms with van der Waals surface area (Å²) < 4.78 is 0. The second-order valence-electron chi connectivity index (χ2n) is 7.60. The van der Waals surface area contributed by atoms with Crippen LogP contribution < -0.4 is 0 Å². The Kier molecular flexibility index (Phi) is 8.24. The van der Waals surface area contributed by atoms with Gasteiger partial charge in [-0.2, -0.15) is 0 Å². The molecule has 0 aliphatic heterocycles. The molecular weight excluding hydrogens is 360 g/mol. The van der Waals surface area contributed by atoms with Crippen LogP contribution in [0.1, 0.15) is 66.6 Å². The number of hydrogen-bond acceptors (Lipinski definition) is 0. The highest BCUT2D eigenvalue weighted by atomic mass is 14.2. The molecule has 0 amide bonds. The van der Waals surface area contributed by atoms with Crippen molar-refractivity contribution >= 4 is 21.5 Å². The van der Waals surface area contributed by atoms with Gasteiger partial charge in [-0.25, -0.2) is 0 Å². The number of benzene rings is 4. The van der Waals surface area contributed by atoms with Crippen molar-refractivity contribution in [2.45, 2.75) is 68.7 Å². The van der Waals surface area contributed by atoms with Crippen LogP contribution in [-0.4, -0.2) is 0 Å². The quantitative estimate of drug-likeness (QED) is 0.316. The molecule has 4 aromatic rings. The van der Waals surface area contributed by atoms with Crippen LogP contribution in [-0.2, 0) is 6.42 Å². The Morgan fingerprint density at radius 3 is 1.53 bits per heavy atom. The normalized spacial score (nSPS) is 10.3. The van der Waals surface area contributed by atoms with Crippen molar-refractivity contribution in [1.82, 2.24) is 0 Å². The second kappa shape index (κ2) is 10.4. The van der Waals surface area contributed by atoms with Gasteiger partial charge < -0.3 is 0 Å². The van der Waals surface area contributed by atoms with E-state index in [2.05, 4.69) is 89.2 Å². The first-order valence-corrected chi connectivity index (χ1v) is 11.4. The third-order valence-corrected chi connectivity index (χ3v) is 6.26. The van der Waals surface area contributed by atoms with E-state index in [9.17, 15) is 0 Å². The highest BCUT2D eigenvalue weighted by Crippen LogP contribution is 2.33. The van der Waals surface area contributed by atoms with E-state index in [1.165, 1.54) is 60.5 Å². The zero-order chi connectivity index (χ0) is 22.4. The summed E-state index contributed by atoms with van der Waals surface area (Å²) in [7, 11) is 0. The maximum atomic E-state index is 2.39. The fourth-order valence-electron chi connectivity index (χ4n) is 4.30. The summed E-state index contributed by atoms with van der Waals surface area (Å²) in [5.74, 6) is 0. The van der Waals surface area contributed by atoms with Gasteiger partial charge in [0.05, 0.1) is 0 Å². The monoisotopic (exact) mass is 398 g/mol. The molecule has 0 saturated carbocycles. The summed E-state index contributed by atoms with van der Waals surface area (Å²) in [5, 5.41) is 5.56. The molecule has 0 aromatic heterocycles. The molecule has 0 fully saturated rings. The van der Waals surface area contributed by atoms with Gasteiger partial charge in [0.2, 0.25) is 0 Å². The van der Waals surface area contributed by atoms with Crippen LogP contribution in [0.2, 0.25) is 0 Å². The Morgan fingerprint density at radius 2 is 0.967 bits per heavy atom. The van der Waals surface area contributed by atoms with Crippen LogP contribution in [0.4, 0.5) is 0 Å². The van der Waals surface area contributed by atoms with Crippen molar-refractivity contribution in [2.24, 2.45) is 0 Å². The molecule has 4 aromatic carbocycles. The molecule has 158 valence electrons. The highest BCUT2D eigenvalue weighted by molar-refractivity contribution is 5.93. The van der Waals surface area contributed by atoms with Crippen LogP contribution in [0, 0.1) is 34.6 Å². The lowest BCUT2D eigenvalue weighted by Gasteiger charge is -2.18. The maximum absolute atomic E-state index is 2.39. The Hall–Kier alpha value is -2.60. The van der Waals surface area contributed by atoms with Gasteiger partial charge in [-0.05, 0) is 102 Å². The van der Waals surface area contributed by atoms with Gasteiger partial charge in [-0.3, -0.25) is 0 Å². The molecular formula is C30H38. The van der Waals surface area contributed by atoms with Crippen molar-refractivity contribution in [1.29, 1.82) is 0 Å². The van der Waals surface area contributed by atoms with Crippen molar-refractivity contribution in [3.05, 3.63) is 93.5 Å². The number of rotatable bonds is 2. The molecule has 0 aliphatic rings. The standard InChI is InChI=1S/C26H26.2C2H6/c1-16-14-21(24-12-8-6-10-22(24)17(16)2)15-26-20(5)18(3)19(4)23-11-7-9-13-25(23)26;2*1-2/h6-14H,15H2,1-5H3;2*1-2H3. The van der Waals surface area contributed by atoms with E-state index in [0.717, 1.165) is 6.42 Å². The summed E-state index contributed by atoms with van der Waals surface area (Å²) in [6, 6.07) is 20.1. The molecule has 0 heteroatoms. The average Bonchev–Trinajstić information content (AvgIpc) is 2.81. The molecule has 0 spiro atoms. The minimum absolute atomic E-state index is 0.981. The van der Waals surface area contributed by atoms with Crippen LogP contribution in [0.5, 0.6) is 0 Å². The molecule has 0 nitrogen and oxygen atoms in total. The van der Waals surface area contributed by atoms with Crippen molar-refractivity contribution in [3.8, 4) is 0 Å². The molecule has 0 saturated heterocycles. The van der Waals surface area contributed by atoms with Crippen LogP contribution in [0.25, 0.3) is 21.5 Å². The van der Waals surface area contributed by atoms with Gasteiger partial charge in [-0.1, -0.05) is 82.3 Å². The Labute approximate surface area is 184 Å². The number of hydrogen-bond donors (Lipinski definition) is 0. The first-order valence-electron chi connectivity index (χ1n) is 11.4. The molecule has 4 rings (SSSR count). The summed E-state index contributed by atoms with van der Waals surface area (Å²) in [6.07, 6.45) is 0.981. The van der Waals surface area contributed by atoms with Gasteiger partial charge in [0.25, 0.3) is 0 Å². The Morgan fingerprint density at radius 1 is 0.500 bits per heavy atom. The van der Waals surface area contributed by atoms with Gasteiger partial charge in [0.1, 0.15) is 0 Å². The largest absolute Gasteiger partial charge is 0.0683 e. The molecule has 0 radical (unpaired) electrons. The molecule has 0 atom stereocenters. The summed E-state index contributed by atoms with van der Waals surface area (Å²) >= 11 is 0. The summed E-state index contributed by atoms with van der Waals surface area (Å²) in [5.41, 5.74) is 9.94. The lowest BCUT2D eigenvalue weighted by molar-refractivity contribution is 1.15. The predicted octanol–water partition coefficient (Wildman–Crippen LogP) is 9.18. The van der Waals surface area contributed by atoms with Crippen LogP contribution in [0.3, 0.4) is 0 Å². The fourth-order valence-corrected chi connectivity index (χ4v) is 4.30. The smallest absolute Gasteiger partial charge is 0.00106 e. The second-order valence-corrected chi connectivity index (χ2v) is 7.60. The molecule has 0 aliphatic carbocycles. The molecule has 0 heterocycles. The zero-order valence-corrected chi connectivity index (χ0v) is 20.4. The summed E-state index contributed by atoms with van der Waals surface area (Å²) in [6.45, 7) is 19.3. The van der Waals surface area contributed by atoms with E-state index in [-0.39, 0.29) is 0 Å². The van der Waals surface area contributed by atoms with E-state index in [0.29, 0.717) is 0 Å². The SMILES string of the molecule is CC.CC.Cc1cc(Cc2c(C)c(C)c(C)c3ccccc23)c2ccccc2c1C. The lowest BCUT2D eigenvalue weighted by Crippen LogP contribution is -2.01. The third kappa shape index (κ3) is 4.29. The van der Waals surface area contributed by atoms with Crippen molar-refractivity contribution in [3.63, 3.8) is 0 Å². The highest BCUT2D eigenvalue weighted by Gasteiger charge is 2.14. The van der Waals surface area contributed by atoms with E-state index in [4.69, 9.17) is 0 Å². The van der Waals surface area contributed by atoms with E-state index >= 15 is 0 Å². The Balaban J connectivity index is 0.000000757. The maximum Gasteiger partial charge on any atom is -0.00106 e. The van der Waals surface area contributed by atoms with Gasteiger partial charge in [-0.15, -0.1) is 0 Å². The lowest BCUT2D eigenvalue weighted by atomic mass is 9.86. The number of aryl methyl sites for hydroxylation is 3. The van der Waals surface area contributed by atoms with Gasteiger partial charge >= 0.3 is 0 Å². The predicted molar refractivity (Wildman–Crippen MR) is 137 cm³/mol. The van der Waals surface area contributed by atoms with E-state index in [1.807, 2.05) is 27.7 Å². The molecule has 30 heavy (non-hydrogen) atoms. The minimum atomic E-state index is 0.981. The molecule has 0 N–H and O–H groups in total. The van der Waals surface area contributed by atoms with Gasteiger partial charge in [0.15, 0.2) is 0 Å². The first-order chi connectivity index (χ1) is 14.5. The van der Waals surface area contributed by atoms with Crippen LogP contribution >= 0.6 is 0 Å². The topological polar surface area (TPSA) is 0 Å². The Bertz CT molecular complexity index is 1150. The first kappa shape index (κ1) is 23.7. The zero-order valence-electron chi connectivity index (χ0n) is 20.4. The van der Waals surface area contributed by atoms with Crippen molar-refractivity contribution < 1.29 is 0 Å². The molecule has 0 bridgehead atoms. The summed E-state index contributed by atoms with van der Waals surface area (Å²) in [4.78, 5) is 0. The van der Waals surface area contributed by atoms with Gasteiger partial charge in [0, 0.05) is 0 Å². The third-order valence-electron chi connectivity index (χ3n) is 6.26. The van der Waals surface area contributed by atoms with E-state index in [1.54, 1.807) is 0 Å². The average molecular weight is 399 g/mol. The van der Waals surface area contributed by atoms with Crippen molar-refractivity contribution in [2.75, 3.05) is 0 Å². The van der Waals surface area contributed by atoms with Crippen LogP contribution in [0.15, 0.2) is 54.6 Å².